The maximum atomic E-state index is 11.9. The van der Waals surface area contributed by atoms with Gasteiger partial charge in [0.1, 0.15) is 0 Å². The Bertz CT molecular complexity index is 454. The van der Waals surface area contributed by atoms with Gasteiger partial charge in [0.15, 0.2) is 0 Å². The third-order valence-corrected chi connectivity index (χ3v) is 2.75. The molecule has 0 unspecified atom stereocenters. The lowest BCUT2D eigenvalue weighted by molar-refractivity contribution is -0.117. The maximum absolute atomic E-state index is 11.9. The summed E-state index contributed by atoms with van der Waals surface area (Å²) in [7, 11) is 1.92. The lowest BCUT2D eigenvalue weighted by atomic mass is 9.96. The van der Waals surface area contributed by atoms with E-state index in [1.54, 1.807) is 18.2 Å². The van der Waals surface area contributed by atoms with Crippen LogP contribution >= 0.6 is 11.6 Å². The number of likely N-dealkylation sites (N-methyl/N-ethyl adjacent to an activating group) is 1. The lowest BCUT2D eigenvalue weighted by Crippen LogP contribution is -2.35. The summed E-state index contributed by atoms with van der Waals surface area (Å²) in [6.07, 6.45) is 0. The van der Waals surface area contributed by atoms with E-state index < -0.39 is 0 Å². The highest BCUT2D eigenvalue weighted by atomic mass is 35.5. The summed E-state index contributed by atoms with van der Waals surface area (Å²) in [6.45, 7) is 7.57. The number of nitrogens with two attached hydrogens (primary N) is 1. The average Bonchev–Trinajstić information content (AvgIpc) is 2.20. The molecule has 5 heteroatoms. The Morgan fingerprint density at radius 2 is 2.05 bits per heavy atom. The van der Waals surface area contributed by atoms with Crippen LogP contribution in [0.25, 0.3) is 0 Å². The first-order valence-electron chi connectivity index (χ1n) is 6.21. The zero-order valence-electron chi connectivity index (χ0n) is 12.0. The number of halogens is 1. The fourth-order valence-electron chi connectivity index (χ4n) is 1.94. The van der Waals surface area contributed by atoms with Gasteiger partial charge in [0.05, 0.1) is 17.3 Å². The molecule has 106 valence electrons. The third-order valence-electron chi connectivity index (χ3n) is 2.42. The fraction of sp³-hybridized carbons (Fsp3) is 0.500. The minimum absolute atomic E-state index is 0.0979. The van der Waals surface area contributed by atoms with E-state index in [0.29, 0.717) is 22.9 Å². The topological polar surface area (TPSA) is 58.4 Å². The number of nitrogens with zero attached hydrogens (tertiary/aromatic N) is 1. The first-order valence-corrected chi connectivity index (χ1v) is 6.58. The van der Waals surface area contributed by atoms with Gasteiger partial charge in [0.25, 0.3) is 0 Å². The van der Waals surface area contributed by atoms with E-state index in [-0.39, 0.29) is 11.3 Å². The molecule has 0 radical (unpaired) electrons. The molecule has 0 atom stereocenters. The van der Waals surface area contributed by atoms with E-state index in [1.165, 1.54) is 0 Å². The van der Waals surface area contributed by atoms with E-state index in [2.05, 4.69) is 26.1 Å². The number of nitrogen functional groups attached to an aromatic ring is 1. The van der Waals surface area contributed by atoms with Gasteiger partial charge in [-0.3, -0.25) is 9.69 Å². The zero-order chi connectivity index (χ0) is 14.6. The Morgan fingerprint density at radius 1 is 1.42 bits per heavy atom. The summed E-state index contributed by atoms with van der Waals surface area (Å²) in [5, 5.41) is 3.26. The van der Waals surface area contributed by atoms with Gasteiger partial charge in [-0.2, -0.15) is 0 Å². The van der Waals surface area contributed by atoms with Crippen molar-refractivity contribution in [1.29, 1.82) is 0 Å². The first-order chi connectivity index (χ1) is 8.67. The molecule has 0 aliphatic heterocycles. The van der Waals surface area contributed by atoms with E-state index in [0.717, 1.165) is 6.54 Å². The molecule has 0 aliphatic rings. The van der Waals surface area contributed by atoms with Crippen molar-refractivity contribution < 1.29 is 4.79 Å². The Balaban J connectivity index is 2.58. The van der Waals surface area contributed by atoms with Crippen molar-refractivity contribution in [3.05, 3.63) is 23.2 Å². The molecule has 0 heterocycles. The van der Waals surface area contributed by atoms with Crippen molar-refractivity contribution in [2.75, 3.05) is 31.2 Å². The second-order valence-corrected chi connectivity index (χ2v) is 6.43. The van der Waals surface area contributed by atoms with Crippen LogP contribution in [0.3, 0.4) is 0 Å². The Morgan fingerprint density at radius 3 is 2.63 bits per heavy atom. The number of carbonyl (C=O) groups is 1. The van der Waals surface area contributed by atoms with Crippen molar-refractivity contribution in [3.63, 3.8) is 0 Å². The van der Waals surface area contributed by atoms with Crippen LogP contribution < -0.4 is 11.1 Å². The second kappa shape index (κ2) is 6.26. The normalized spacial score (nSPS) is 11.7. The van der Waals surface area contributed by atoms with Gasteiger partial charge in [-0.1, -0.05) is 32.4 Å². The smallest absolute Gasteiger partial charge is 0.238 e. The third kappa shape index (κ3) is 5.94. The number of hydrogen-bond acceptors (Lipinski definition) is 3. The van der Waals surface area contributed by atoms with E-state index >= 15 is 0 Å². The zero-order valence-corrected chi connectivity index (χ0v) is 12.7. The molecule has 19 heavy (non-hydrogen) atoms. The molecular formula is C14H22ClN3O. The van der Waals surface area contributed by atoms with Gasteiger partial charge in [-0.15, -0.1) is 0 Å². The minimum Gasteiger partial charge on any atom is -0.399 e. The molecule has 0 spiro atoms. The molecular weight excluding hydrogens is 262 g/mol. The molecule has 3 N–H and O–H groups in total. The van der Waals surface area contributed by atoms with Crippen LogP contribution in [0.1, 0.15) is 20.8 Å². The standard InChI is InChI=1S/C14H22ClN3O/c1-14(2,3)9-18(4)8-13(19)17-12-7-10(16)5-6-11(12)15/h5-7H,8-9,16H2,1-4H3,(H,17,19). The van der Waals surface area contributed by atoms with Gasteiger partial charge in [-0.05, 0) is 30.7 Å². The molecule has 1 aromatic rings. The average molecular weight is 284 g/mol. The molecule has 1 rings (SSSR count). The molecule has 0 bridgehead atoms. The number of nitrogens with one attached hydrogen (secondary N) is 1. The summed E-state index contributed by atoms with van der Waals surface area (Å²) in [6, 6.07) is 5.03. The van der Waals surface area contributed by atoms with Crippen LogP contribution in [0.15, 0.2) is 18.2 Å². The second-order valence-electron chi connectivity index (χ2n) is 6.02. The van der Waals surface area contributed by atoms with Gasteiger partial charge in [0, 0.05) is 12.2 Å². The Labute approximate surface area is 119 Å². The summed E-state index contributed by atoms with van der Waals surface area (Å²) in [4.78, 5) is 13.9. The predicted octanol–water partition coefficient (Wildman–Crippen LogP) is 2.84. The molecule has 0 aliphatic carbocycles. The van der Waals surface area contributed by atoms with E-state index in [1.807, 2.05) is 11.9 Å². The fourth-order valence-corrected chi connectivity index (χ4v) is 2.10. The van der Waals surface area contributed by atoms with Crippen LogP contribution in [0.2, 0.25) is 5.02 Å². The number of benzene rings is 1. The molecule has 0 saturated heterocycles. The number of hydrogen-bond donors (Lipinski definition) is 2. The van der Waals surface area contributed by atoms with Crippen molar-refractivity contribution in [3.8, 4) is 0 Å². The first kappa shape index (κ1) is 15.8. The highest BCUT2D eigenvalue weighted by Gasteiger charge is 2.16. The van der Waals surface area contributed by atoms with E-state index in [4.69, 9.17) is 17.3 Å². The van der Waals surface area contributed by atoms with Gasteiger partial charge >= 0.3 is 0 Å². The number of carbonyl (C=O) groups excluding carboxylic acids is 1. The molecule has 0 aromatic heterocycles. The number of anilines is 2. The highest BCUT2D eigenvalue weighted by molar-refractivity contribution is 6.33. The van der Waals surface area contributed by atoms with E-state index in [9.17, 15) is 4.79 Å². The Kier molecular flexibility index (Phi) is 5.20. The summed E-state index contributed by atoms with van der Waals surface area (Å²) in [5.41, 5.74) is 6.95. The highest BCUT2D eigenvalue weighted by Crippen LogP contribution is 2.24. The monoisotopic (exact) mass is 283 g/mol. The maximum Gasteiger partial charge on any atom is 0.238 e. The van der Waals surface area contributed by atoms with Crippen LogP contribution in [0, 0.1) is 5.41 Å². The predicted molar refractivity (Wildman–Crippen MR) is 81.4 cm³/mol. The lowest BCUT2D eigenvalue weighted by Gasteiger charge is -2.26. The quantitative estimate of drug-likeness (QED) is 0.836. The summed E-state index contributed by atoms with van der Waals surface area (Å²) < 4.78 is 0. The van der Waals surface area contributed by atoms with Crippen molar-refractivity contribution in [1.82, 2.24) is 4.90 Å². The summed E-state index contributed by atoms with van der Waals surface area (Å²) in [5.74, 6) is -0.0979. The van der Waals surface area contributed by atoms with Crippen LogP contribution in [0.4, 0.5) is 11.4 Å². The summed E-state index contributed by atoms with van der Waals surface area (Å²) >= 11 is 6.00. The van der Waals surface area contributed by atoms with Gasteiger partial charge in [0.2, 0.25) is 5.91 Å². The van der Waals surface area contributed by atoms with Crippen LogP contribution in [0.5, 0.6) is 0 Å². The van der Waals surface area contributed by atoms with Gasteiger partial charge < -0.3 is 11.1 Å². The Hall–Kier alpha value is -1.26. The number of amides is 1. The SMILES string of the molecule is CN(CC(=O)Nc1cc(N)ccc1Cl)CC(C)(C)C. The van der Waals surface area contributed by atoms with Gasteiger partial charge in [-0.25, -0.2) is 0 Å². The molecule has 1 aromatic carbocycles. The minimum atomic E-state index is -0.0979. The largest absolute Gasteiger partial charge is 0.399 e. The molecule has 0 fully saturated rings. The van der Waals surface area contributed by atoms with Crippen LogP contribution in [-0.2, 0) is 4.79 Å². The van der Waals surface area contributed by atoms with Crippen LogP contribution in [-0.4, -0.2) is 30.9 Å². The van der Waals surface area contributed by atoms with Crippen molar-refractivity contribution in [2.24, 2.45) is 5.41 Å². The molecule has 1 amide bonds. The van der Waals surface area contributed by atoms with Crippen molar-refractivity contribution >= 4 is 28.9 Å². The molecule has 0 saturated carbocycles. The number of rotatable bonds is 4. The van der Waals surface area contributed by atoms with Crippen molar-refractivity contribution in [2.45, 2.75) is 20.8 Å². The molecule has 4 nitrogen and oxygen atoms in total.